The van der Waals surface area contributed by atoms with E-state index in [1.807, 2.05) is 46.0 Å². The molecule has 0 saturated carbocycles. The Hall–Kier alpha value is -2.60. The SMILES string of the molecule is CC1c2cc(Cl)ccc2C(=O)N1c1cncc(CC2CN(C(=O)OC(C)(C)C)C2)c1. The lowest BCUT2D eigenvalue weighted by Gasteiger charge is -2.40. The van der Waals surface area contributed by atoms with Gasteiger partial charge in [0.25, 0.3) is 5.91 Å². The number of aromatic nitrogens is 1. The molecule has 0 aliphatic carbocycles. The summed E-state index contributed by atoms with van der Waals surface area (Å²) in [6, 6.07) is 7.31. The van der Waals surface area contributed by atoms with Gasteiger partial charge in [0, 0.05) is 29.9 Å². The van der Waals surface area contributed by atoms with Crippen molar-refractivity contribution in [2.75, 3.05) is 18.0 Å². The predicted octanol–water partition coefficient (Wildman–Crippen LogP) is 4.87. The van der Waals surface area contributed by atoms with Crippen LogP contribution in [0, 0.1) is 5.92 Å². The maximum absolute atomic E-state index is 12.9. The molecule has 2 aromatic rings. The van der Waals surface area contributed by atoms with E-state index in [0.29, 0.717) is 29.6 Å². The third kappa shape index (κ3) is 4.01. The second kappa shape index (κ2) is 7.58. The fourth-order valence-corrected chi connectivity index (χ4v) is 4.27. The quantitative estimate of drug-likeness (QED) is 0.701. The largest absolute Gasteiger partial charge is 0.444 e. The minimum Gasteiger partial charge on any atom is -0.444 e. The number of pyridine rings is 1. The lowest BCUT2D eigenvalue weighted by atomic mass is 9.93. The Morgan fingerprint density at radius 3 is 2.67 bits per heavy atom. The number of nitrogens with zero attached hydrogens (tertiary/aromatic N) is 3. The van der Waals surface area contributed by atoms with Crippen molar-refractivity contribution in [3.63, 3.8) is 0 Å². The molecule has 1 aromatic heterocycles. The Morgan fingerprint density at radius 2 is 1.97 bits per heavy atom. The van der Waals surface area contributed by atoms with Gasteiger partial charge in [0.1, 0.15) is 5.60 Å². The summed E-state index contributed by atoms with van der Waals surface area (Å²) >= 11 is 6.13. The second-order valence-electron chi connectivity index (χ2n) is 9.09. The molecule has 6 nitrogen and oxygen atoms in total. The number of carbonyl (C=O) groups is 2. The fraction of sp³-hybridized carbons (Fsp3) is 0.435. The highest BCUT2D eigenvalue weighted by Gasteiger charge is 2.36. The molecule has 3 heterocycles. The Morgan fingerprint density at radius 1 is 1.23 bits per heavy atom. The van der Waals surface area contributed by atoms with Crippen LogP contribution in [0.1, 0.15) is 55.2 Å². The minimum absolute atomic E-state index is 0.0344. The van der Waals surface area contributed by atoms with E-state index in [1.54, 1.807) is 28.1 Å². The number of ether oxygens (including phenoxy) is 1. The maximum Gasteiger partial charge on any atom is 0.410 e. The summed E-state index contributed by atoms with van der Waals surface area (Å²) < 4.78 is 5.41. The van der Waals surface area contributed by atoms with Crippen molar-refractivity contribution in [2.45, 2.75) is 45.8 Å². The molecule has 1 atom stereocenters. The van der Waals surface area contributed by atoms with Gasteiger partial charge in [-0.1, -0.05) is 11.6 Å². The lowest BCUT2D eigenvalue weighted by molar-refractivity contribution is -0.000895. The molecule has 0 radical (unpaired) electrons. The minimum atomic E-state index is -0.485. The average Bonchev–Trinajstić information content (AvgIpc) is 2.86. The van der Waals surface area contributed by atoms with Crippen molar-refractivity contribution in [2.24, 2.45) is 5.92 Å². The normalized spacial score (nSPS) is 19.0. The van der Waals surface area contributed by atoms with Gasteiger partial charge in [0.15, 0.2) is 0 Å². The number of amides is 2. The number of benzene rings is 1. The zero-order chi connectivity index (χ0) is 21.6. The highest BCUT2D eigenvalue weighted by molar-refractivity contribution is 6.31. The summed E-state index contributed by atoms with van der Waals surface area (Å²) in [5.74, 6) is 0.324. The van der Waals surface area contributed by atoms with E-state index in [2.05, 4.69) is 4.98 Å². The first-order valence-electron chi connectivity index (χ1n) is 10.2. The van der Waals surface area contributed by atoms with Gasteiger partial charge in [0.05, 0.1) is 17.9 Å². The Kier molecular flexibility index (Phi) is 5.22. The van der Waals surface area contributed by atoms with Gasteiger partial charge in [-0.05, 0) is 75.4 Å². The monoisotopic (exact) mass is 427 g/mol. The molecule has 1 fully saturated rings. The molecule has 0 bridgehead atoms. The molecular formula is C23H26ClN3O3. The van der Waals surface area contributed by atoms with Gasteiger partial charge in [0.2, 0.25) is 0 Å². The molecular weight excluding hydrogens is 402 g/mol. The Labute approximate surface area is 181 Å². The molecule has 2 aliphatic rings. The molecule has 1 unspecified atom stereocenters. The van der Waals surface area contributed by atoms with Crippen LogP contribution in [0.4, 0.5) is 10.5 Å². The van der Waals surface area contributed by atoms with Crippen LogP contribution in [0.25, 0.3) is 0 Å². The number of fused-ring (bicyclic) bond motifs is 1. The zero-order valence-electron chi connectivity index (χ0n) is 17.7. The number of hydrogen-bond acceptors (Lipinski definition) is 4. The van der Waals surface area contributed by atoms with Crippen molar-refractivity contribution in [3.05, 3.63) is 58.4 Å². The average molecular weight is 428 g/mol. The Balaban J connectivity index is 1.42. The van der Waals surface area contributed by atoms with Crippen molar-refractivity contribution < 1.29 is 14.3 Å². The third-order valence-corrected chi connectivity index (χ3v) is 5.73. The van der Waals surface area contributed by atoms with Crippen molar-refractivity contribution in [1.82, 2.24) is 9.88 Å². The topological polar surface area (TPSA) is 62.7 Å². The van der Waals surface area contributed by atoms with Gasteiger partial charge < -0.3 is 9.64 Å². The van der Waals surface area contributed by atoms with E-state index in [1.165, 1.54) is 0 Å². The molecule has 1 saturated heterocycles. The van der Waals surface area contributed by atoms with E-state index >= 15 is 0 Å². The standard InChI is InChI=1S/C23H26ClN3O3/c1-14-20-9-17(24)5-6-19(20)21(28)27(14)18-8-15(10-25-11-18)7-16-12-26(13-16)22(29)30-23(2,3)4/h5-6,8-11,14,16H,7,12-13H2,1-4H3. The highest BCUT2D eigenvalue weighted by Crippen LogP contribution is 2.38. The smallest absolute Gasteiger partial charge is 0.410 e. The fourth-order valence-electron chi connectivity index (χ4n) is 4.08. The van der Waals surface area contributed by atoms with Gasteiger partial charge >= 0.3 is 6.09 Å². The van der Waals surface area contributed by atoms with Crippen molar-refractivity contribution in [3.8, 4) is 0 Å². The first-order valence-corrected chi connectivity index (χ1v) is 10.5. The number of likely N-dealkylation sites (tertiary alicyclic amines) is 1. The number of halogens is 1. The summed E-state index contributed by atoms with van der Waals surface area (Å²) in [5, 5.41) is 0.627. The van der Waals surface area contributed by atoms with E-state index in [9.17, 15) is 9.59 Å². The molecule has 0 N–H and O–H groups in total. The van der Waals surface area contributed by atoms with Crippen LogP contribution in [-0.4, -0.2) is 40.6 Å². The zero-order valence-corrected chi connectivity index (χ0v) is 18.4. The summed E-state index contributed by atoms with van der Waals surface area (Å²) in [4.78, 5) is 32.9. The van der Waals surface area contributed by atoms with Gasteiger partial charge in [-0.25, -0.2) is 4.79 Å². The third-order valence-electron chi connectivity index (χ3n) is 5.49. The molecule has 30 heavy (non-hydrogen) atoms. The first-order chi connectivity index (χ1) is 14.1. The van der Waals surface area contributed by atoms with Crippen LogP contribution in [-0.2, 0) is 11.2 Å². The van der Waals surface area contributed by atoms with E-state index in [4.69, 9.17) is 16.3 Å². The summed E-state index contributed by atoms with van der Waals surface area (Å²) in [6.07, 6.45) is 4.09. The second-order valence-corrected chi connectivity index (χ2v) is 9.53. The lowest BCUT2D eigenvalue weighted by Crippen LogP contribution is -2.52. The molecule has 158 valence electrons. The van der Waals surface area contributed by atoms with Crippen molar-refractivity contribution in [1.29, 1.82) is 0 Å². The van der Waals surface area contributed by atoms with Crippen LogP contribution in [0.15, 0.2) is 36.7 Å². The molecule has 1 aromatic carbocycles. The van der Waals surface area contributed by atoms with Gasteiger partial charge in [-0.3, -0.25) is 14.7 Å². The van der Waals surface area contributed by atoms with Gasteiger partial charge in [-0.15, -0.1) is 0 Å². The summed E-state index contributed by atoms with van der Waals surface area (Å²) in [5.41, 5.74) is 2.96. The first kappa shape index (κ1) is 20.7. The number of anilines is 1. The van der Waals surface area contributed by atoms with Crippen LogP contribution >= 0.6 is 11.6 Å². The number of rotatable bonds is 3. The summed E-state index contributed by atoms with van der Waals surface area (Å²) in [7, 11) is 0. The predicted molar refractivity (Wildman–Crippen MR) is 116 cm³/mol. The van der Waals surface area contributed by atoms with Crippen LogP contribution in [0.3, 0.4) is 0 Å². The molecule has 7 heteroatoms. The van der Waals surface area contributed by atoms with Crippen LogP contribution < -0.4 is 4.90 Å². The summed E-state index contributed by atoms with van der Waals surface area (Å²) in [6.45, 7) is 8.94. The number of hydrogen-bond donors (Lipinski definition) is 0. The van der Waals surface area contributed by atoms with Crippen LogP contribution in [0.5, 0.6) is 0 Å². The van der Waals surface area contributed by atoms with Gasteiger partial charge in [-0.2, -0.15) is 0 Å². The molecule has 2 amide bonds. The molecule has 2 aliphatic heterocycles. The van der Waals surface area contributed by atoms with Crippen LogP contribution in [0.2, 0.25) is 5.02 Å². The van der Waals surface area contributed by atoms with Crippen molar-refractivity contribution >= 4 is 29.3 Å². The highest BCUT2D eigenvalue weighted by atomic mass is 35.5. The Bertz CT molecular complexity index is 995. The van der Waals surface area contributed by atoms with E-state index in [0.717, 1.165) is 23.2 Å². The number of carbonyl (C=O) groups excluding carboxylic acids is 2. The van der Waals surface area contributed by atoms with E-state index < -0.39 is 5.60 Å². The molecule has 4 rings (SSSR count). The molecule has 0 spiro atoms. The maximum atomic E-state index is 12.9. The van der Waals surface area contributed by atoms with E-state index in [-0.39, 0.29) is 18.0 Å².